The molecule has 0 amide bonds. The Labute approximate surface area is 114 Å². The van der Waals surface area contributed by atoms with Gasteiger partial charge in [0.1, 0.15) is 0 Å². The van der Waals surface area contributed by atoms with Gasteiger partial charge in [0.15, 0.2) is 0 Å². The fourth-order valence-corrected chi connectivity index (χ4v) is 0. The zero-order valence-corrected chi connectivity index (χ0v) is 13.1. The van der Waals surface area contributed by atoms with Crippen molar-refractivity contribution in [2.75, 3.05) is 7.05 Å². The van der Waals surface area contributed by atoms with Crippen LogP contribution in [0.4, 0.5) is 0 Å². The molecule has 0 unspecified atom stereocenters. The summed E-state index contributed by atoms with van der Waals surface area (Å²) in [4.78, 5) is 0. The number of halogens is 1. The van der Waals surface area contributed by atoms with E-state index >= 15 is 0 Å². The average molecular weight is 407 g/mol. The Morgan fingerprint density at radius 2 is 1.17 bits per heavy atom. The first kappa shape index (κ1) is 34.5. The van der Waals surface area contributed by atoms with Crippen molar-refractivity contribution in [3.05, 3.63) is 0 Å². The summed E-state index contributed by atoms with van der Waals surface area (Å²) in [7, 11) is 1.50. The summed E-state index contributed by atoms with van der Waals surface area (Å²) >= 11 is 0. The Hall–Kier alpha value is 3.34. The summed E-state index contributed by atoms with van der Waals surface area (Å²) in [6.07, 6.45) is 0. The molecule has 0 fully saturated rings. The zero-order chi connectivity index (χ0) is 2.00. The van der Waals surface area contributed by atoms with Crippen LogP contribution in [0.15, 0.2) is 0 Å². The van der Waals surface area contributed by atoms with Crippen molar-refractivity contribution in [3.63, 3.8) is 0 Å². The van der Waals surface area contributed by atoms with Gasteiger partial charge in [0.25, 0.3) is 0 Å². The van der Waals surface area contributed by atoms with Gasteiger partial charge < -0.3 is 5.73 Å². The monoisotopic (exact) mass is 407 g/mol. The Morgan fingerprint density at radius 3 is 1.17 bits per heavy atom. The Kier molecular flexibility index (Phi) is 232. The summed E-state index contributed by atoms with van der Waals surface area (Å²) in [5.41, 5.74) is 4.50. The van der Waals surface area contributed by atoms with Crippen molar-refractivity contribution in [1.29, 1.82) is 0 Å². The van der Waals surface area contributed by atoms with E-state index in [0.717, 1.165) is 0 Å². The van der Waals surface area contributed by atoms with Gasteiger partial charge in [-0.3, -0.25) is 0 Å². The molecule has 0 aliphatic rings. The molecular weight excluding hydrogens is 401 g/mol. The first-order chi connectivity index (χ1) is 1.00. The minimum Gasteiger partial charge on any atom is -0.333 e. The fourth-order valence-electron chi connectivity index (χ4n) is 0. The van der Waals surface area contributed by atoms with Crippen LogP contribution in [0.2, 0.25) is 0 Å². The molecule has 2 N–H and O–H groups in total. The molecule has 0 rings (SSSR count). The molecule has 0 aromatic carbocycles. The SMILES string of the molecule is Br.CN.[Ca].[Pb].[Ti]. The second-order valence-electron chi connectivity index (χ2n) is 0. The van der Waals surface area contributed by atoms with Gasteiger partial charge in [0.2, 0.25) is 0 Å². The molecule has 0 bridgehead atoms. The number of hydrogen-bond donors (Lipinski definition) is 1. The third-order valence-electron chi connectivity index (χ3n) is 0. The van der Waals surface area contributed by atoms with E-state index in [2.05, 4.69) is 5.73 Å². The molecule has 1 nitrogen and oxygen atoms in total. The smallest absolute Gasteiger partial charge is 0 e. The van der Waals surface area contributed by atoms with Gasteiger partial charge >= 0.3 is 0 Å². The van der Waals surface area contributed by atoms with Crippen LogP contribution in [0.1, 0.15) is 0 Å². The molecular formula is CH6BrCaNPbTi. The van der Waals surface area contributed by atoms with E-state index in [1.807, 2.05) is 0 Å². The molecule has 0 heterocycles. The standard InChI is InChI=1S/CH5N.BrH.Ca.Pb.Ti/c1-2;;;;/h2H2,1H3;1H;;;. The Bertz CT molecular complexity index is 15.5. The van der Waals surface area contributed by atoms with Crippen LogP contribution in [0, 0.1) is 0 Å². The normalized spacial score (nSPS) is 1.00. The minimum absolute atomic E-state index is 0. The van der Waals surface area contributed by atoms with Gasteiger partial charge in [0, 0.05) is 86.8 Å². The second-order valence-corrected chi connectivity index (χ2v) is 0. The maximum absolute atomic E-state index is 4.50. The first-order valence-corrected chi connectivity index (χ1v) is 0.577. The van der Waals surface area contributed by atoms with Crippen LogP contribution >= 0.6 is 17.0 Å². The summed E-state index contributed by atoms with van der Waals surface area (Å²) < 4.78 is 0. The molecule has 0 saturated carbocycles. The summed E-state index contributed by atoms with van der Waals surface area (Å²) in [5.74, 6) is 0. The van der Waals surface area contributed by atoms with E-state index in [1.54, 1.807) is 0 Å². The Balaban J connectivity index is -0.000000000833. The van der Waals surface area contributed by atoms with Gasteiger partial charge in [-0.2, -0.15) is 0 Å². The van der Waals surface area contributed by atoms with Gasteiger partial charge in [-0.1, -0.05) is 0 Å². The molecule has 0 aliphatic heterocycles. The fraction of sp³-hybridized carbons (Fsp3) is 1.00. The van der Waals surface area contributed by atoms with E-state index in [4.69, 9.17) is 0 Å². The maximum atomic E-state index is 4.50. The van der Waals surface area contributed by atoms with Crippen LogP contribution in [0.5, 0.6) is 0 Å². The number of nitrogens with two attached hydrogens (primary N) is 1. The average Bonchev–Trinajstić information content (AvgIpc) is 1.00. The van der Waals surface area contributed by atoms with Crippen molar-refractivity contribution in [2.45, 2.75) is 0 Å². The molecule has 5 heteroatoms. The van der Waals surface area contributed by atoms with Crippen molar-refractivity contribution >= 4 is 82.0 Å². The molecule has 0 aromatic rings. The van der Waals surface area contributed by atoms with Crippen molar-refractivity contribution < 1.29 is 21.7 Å². The topological polar surface area (TPSA) is 26.0 Å². The molecule has 6 heavy (non-hydrogen) atoms. The third-order valence-corrected chi connectivity index (χ3v) is 0. The zero-order valence-electron chi connectivity index (χ0n) is 3.69. The quantitative estimate of drug-likeness (QED) is 0.533. The summed E-state index contributed by atoms with van der Waals surface area (Å²) in [6, 6.07) is 0. The van der Waals surface area contributed by atoms with Gasteiger partial charge in [-0.05, 0) is 7.05 Å². The van der Waals surface area contributed by atoms with E-state index < -0.39 is 0 Å². The predicted octanol–water partition coefficient (Wildman–Crippen LogP) is -0.611. The number of hydrogen-bond acceptors (Lipinski definition) is 1. The van der Waals surface area contributed by atoms with Crippen LogP contribution < -0.4 is 5.73 Å². The van der Waals surface area contributed by atoms with Gasteiger partial charge in [0.05, 0.1) is 0 Å². The van der Waals surface area contributed by atoms with E-state index in [1.165, 1.54) is 7.05 Å². The third kappa shape index (κ3) is 26.5. The molecule has 6 radical (unpaired) electrons. The minimum atomic E-state index is 0. The van der Waals surface area contributed by atoms with Crippen molar-refractivity contribution in [2.24, 2.45) is 5.73 Å². The van der Waals surface area contributed by atoms with Crippen LogP contribution in [-0.4, -0.2) is 72.1 Å². The summed E-state index contributed by atoms with van der Waals surface area (Å²) in [6.45, 7) is 0. The molecule has 0 aromatic heterocycles. The van der Waals surface area contributed by atoms with E-state index in [-0.39, 0.29) is 104 Å². The van der Waals surface area contributed by atoms with E-state index in [0.29, 0.717) is 0 Å². The largest absolute Gasteiger partial charge is 0.333 e. The van der Waals surface area contributed by atoms with Crippen LogP contribution in [0.25, 0.3) is 0 Å². The van der Waals surface area contributed by atoms with Gasteiger partial charge in [-0.15, -0.1) is 17.0 Å². The number of rotatable bonds is 0. The van der Waals surface area contributed by atoms with Crippen molar-refractivity contribution in [1.82, 2.24) is 0 Å². The molecule has 0 atom stereocenters. The van der Waals surface area contributed by atoms with Crippen molar-refractivity contribution in [3.8, 4) is 0 Å². The molecule has 0 spiro atoms. The second kappa shape index (κ2) is 40.3. The van der Waals surface area contributed by atoms with Crippen LogP contribution in [0.3, 0.4) is 0 Å². The Morgan fingerprint density at radius 1 is 1.17 bits per heavy atom. The molecule has 32 valence electrons. The van der Waals surface area contributed by atoms with E-state index in [9.17, 15) is 0 Å². The molecule has 0 saturated heterocycles. The molecule has 0 aliphatic carbocycles. The first-order valence-electron chi connectivity index (χ1n) is 0.577. The predicted molar refractivity (Wildman–Crippen MR) is 31.9 cm³/mol. The maximum Gasteiger partial charge on any atom is 0 e. The van der Waals surface area contributed by atoms with Crippen LogP contribution in [-0.2, 0) is 21.7 Å². The summed E-state index contributed by atoms with van der Waals surface area (Å²) in [5, 5.41) is 0. The van der Waals surface area contributed by atoms with Gasteiger partial charge in [-0.25, -0.2) is 0 Å².